The van der Waals surface area contributed by atoms with E-state index in [1.54, 1.807) is 0 Å². The highest BCUT2D eigenvalue weighted by Crippen LogP contribution is 2.61. The van der Waals surface area contributed by atoms with Crippen LogP contribution in [0.2, 0.25) is 0 Å². The molecule has 1 aromatic heterocycles. The van der Waals surface area contributed by atoms with Gasteiger partial charge in [0.15, 0.2) is 12.5 Å². The van der Waals surface area contributed by atoms with Gasteiger partial charge in [-0.3, -0.25) is 23.4 Å². The van der Waals surface area contributed by atoms with Gasteiger partial charge in [0.25, 0.3) is 5.56 Å². The number of hydrogen-bond donors (Lipinski definition) is 8. The van der Waals surface area contributed by atoms with Gasteiger partial charge in [0.2, 0.25) is 0 Å². The van der Waals surface area contributed by atoms with Gasteiger partial charge >= 0.3 is 21.3 Å². The number of nitrogens with zero attached hydrogens (tertiary/aromatic N) is 1. The fourth-order valence-electron chi connectivity index (χ4n) is 3.63. The highest BCUT2D eigenvalue weighted by atomic mass is 31.3. The molecular formula is C16H26N2O17P2. The van der Waals surface area contributed by atoms with Crippen LogP contribution < -0.4 is 11.2 Å². The minimum Gasteiger partial charge on any atom is -0.394 e. The van der Waals surface area contributed by atoms with Crippen molar-refractivity contribution in [2.45, 2.75) is 55.2 Å². The first-order valence-electron chi connectivity index (χ1n) is 10.4. The monoisotopic (exact) mass is 580 g/mol. The van der Waals surface area contributed by atoms with Gasteiger partial charge in [0.05, 0.1) is 13.2 Å². The summed E-state index contributed by atoms with van der Waals surface area (Å²) in [5, 5.41) is 49.7. The Morgan fingerprint density at radius 2 is 1.68 bits per heavy atom. The number of methoxy groups -OCH3 is 1. The van der Waals surface area contributed by atoms with E-state index in [0.717, 1.165) is 23.9 Å². The maximum atomic E-state index is 12.3. The summed E-state index contributed by atoms with van der Waals surface area (Å²) in [5.41, 5.74) is -1.73. The number of phosphoric ester groups is 2. The summed E-state index contributed by atoms with van der Waals surface area (Å²) in [7, 11) is -9.89. The van der Waals surface area contributed by atoms with E-state index in [4.69, 9.17) is 14.2 Å². The fraction of sp³-hybridized carbons (Fsp3) is 0.750. The van der Waals surface area contributed by atoms with E-state index in [0.29, 0.717) is 0 Å². The summed E-state index contributed by atoms with van der Waals surface area (Å²) in [5.74, 6) is 0. The van der Waals surface area contributed by atoms with Gasteiger partial charge in [0, 0.05) is 19.4 Å². The average molecular weight is 580 g/mol. The van der Waals surface area contributed by atoms with Gasteiger partial charge in [-0.2, -0.15) is 4.31 Å². The zero-order valence-electron chi connectivity index (χ0n) is 18.8. The molecule has 21 heteroatoms. The molecule has 2 aliphatic rings. The number of aromatic nitrogens is 2. The molecule has 7 unspecified atom stereocenters. The van der Waals surface area contributed by atoms with Gasteiger partial charge < -0.3 is 49.5 Å². The fourth-order valence-corrected chi connectivity index (χ4v) is 5.79. The van der Waals surface area contributed by atoms with Gasteiger partial charge in [-0.05, 0) is 0 Å². The largest absolute Gasteiger partial charge is 0.483 e. The van der Waals surface area contributed by atoms with Crippen LogP contribution in [0.3, 0.4) is 0 Å². The molecule has 0 saturated carbocycles. The van der Waals surface area contributed by atoms with Crippen molar-refractivity contribution in [1.82, 2.24) is 9.55 Å². The summed E-state index contributed by atoms with van der Waals surface area (Å²) in [6.45, 7) is -1.77. The van der Waals surface area contributed by atoms with Crippen molar-refractivity contribution in [3.05, 3.63) is 33.1 Å². The quantitative estimate of drug-likeness (QED) is 0.122. The van der Waals surface area contributed by atoms with Crippen LogP contribution in [0.15, 0.2) is 21.9 Å². The first-order valence-corrected chi connectivity index (χ1v) is 13.4. The predicted octanol–water partition coefficient (Wildman–Crippen LogP) is -4.14. The Labute approximate surface area is 206 Å². The van der Waals surface area contributed by atoms with Crippen LogP contribution in [0.4, 0.5) is 0 Å². The lowest BCUT2D eigenvalue weighted by Gasteiger charge is -2.41. The molecule has 0 radical (unpaired) electrons. The molecule has 3 rings (SSSR count). The summed E-state index contributed by atoms with van der Waals surface area (Å²) < 4.78 is 53.6. The molecule has 212 valence electrons. The average Bonchev–Trinajstić information content (AvgIpc) is 3.08. The van der Waals surface area contributed by atoms with Crippen LogP contribution in [0.5, 0.6) is 0 Å². The van der Waals surface area contributed by atoms with Crippen LogP contribution in [-0.4, -0.2) is 114 Å². The third-order valence-electron chi connectivity index (χ3n) is 5.40. The minimum absolute atomic E-state index is 0.734. The Hall–Kier alpha value is -1.38. The SMILES string of the molecule is COC1C(CO)OC(OP(=O)(O)OP(=O)(O)OC[C@H]2O[C@@H](n3ccc(=O)[nH]c3=O)[C@H](O)[C@@H]2O)C(O)C1O. The first kappa shape index (κ1) is 30.2. The first-order chi connectivity index (χ1) is 17.2. The molecule has 8 N–H and O–H groups in total. The van der Waals surface area contributed by atoms with E-state index in [9.17, 15) is 54.0 Å². The normalized spacial score (nSPS) is 37.7. The maximum absolute atomic E-state index is 12.3. The Morgan fingerprint density at radius 1 is 1.00 bits per heavy atom. The molecule has 0 bridgehead atoms. The molecule has 37 heavy (non-hydrogen) atoms. The molecule has 0 aromatic carbocycles. The number of H-pyrrole nitrogens is 1. The highest BCUT2D eigenvalue weighted by Gasteiger charge is 2.50. The second kappa shape index (κ2) is 11.8. The van der Waals surface area contributed by atoms with Crippen LogP contribution in [0.1, 0.15) is 6.23 Å². The van der Waals surface area contributed by atoms with Crippen molar-refractivity contribution < 1.29 is 72.0 Å². The molecular weight excluding hydrogens is 554 g/mol. The topological polar surface area (TPSA) is 286 Å². The number of aromatic amines is 1. The predicted molar refractivity (Wildman–Crippen MR) is 114 cm³/mol. The van der Waals surface area contributed by atoms with Crippen molar-refractivity contribution in [3.8, 4) is 0 Å². The molecule has 0 amide bonds. The Bertz CT molecular complexity index is 1140. The summed E-state index contributed by atoms with van der Waals surface area (Å²) in [4.78, 5) is 44.7. The summed E-state index contributed by atoms with van der Waals surface area (Å²) >= 11 is 0. The zero-order valence-corrected chi connectivity index (χ0v) is 20.6. The molecule has 0 spiro atoms. The third kappa shape index (κ3) is 6.99. The highest BCUT2D eigenvalue weighted by molar-refractivity contribution is 7.61. The van der Waals surface area contributed by atoms with Crippen LogP contribution in [-0.2, 0) is 36.7 Å². The summed E-state index contributed by atoms with van der Waals surface area (Å²) in [6, 6.07) is 0.937. The smallest absolute Gasteiger partial charge is 0.394 e. The lowest BCUT2D eigenvalue weighted by Crippen LogP contribution is -2.59. The second-order valence-corrected chi connectivity index (χ2v) is 10.9. The third-order valence-corrected chi connectivity index (χ3v) is 8.00. The van der Waals surface area contributed by atoms with Gasteiger partial charge in [-0.25, -0.2) is 13.9 Å². The van der Waals surface area contributed by atoms with Crippen molar-refractivity contribution in [1.29, 1.82) is 0 Å². The lowest BCUT2D eigenvalue weighted by molar-refractivity contribution is -0.284. The van der Waals surface area contributed by atoms with Crippen LogP contribution >= 0.6 is 15.6 Å². The maximum Gasteiger partial charge on any atom is 0.483 e. The Balaban J connectivity index is 1.61. The Kier molecular flexibility index (Phi) is 9.61. The van der Waals surface area contributed by atoms with E-state index >= 15 is 0 Å². The zero-order chi connectivity index (χ0) is 27.7. The molecule has 2 fully saturated rings. The number of ether oxygens (including phenoxy) is 3. The van der Waals surface area contributed by atoms with Crippen molar-refractivity contribution in [2.24, 2.45) is 0 Å². The number of phosphoric acid groups is 2. The van der Waals surface area contributed by atoms with Crippen molar-refractivity contribution in [2.75, 3.05) is 20.3 Å². The van der Waals surface area contributed by atoms with Crippen molar-refractivity contribution >= 4 is 15.6 Å². The van der Waals surface area contributed by atoms with Crippen molar-refractivity contribution in [3.63, 3.8) is 0 Å². The Morgan fingerprint density at radius 3 is 2.27 bits per heavy atom. The molecule has 1 aromatic rings. The minimum atomic E-state index is -5.56. The van der Waals surface area contributed by atoms with Gasteiger partial charge in [0.1, 0.15) is 42.7 Å². The van der Waals surface area contributed by atoms with E-state index < -0.39 is 95.4 Å². The molecule has 2 aliphatic heterocycles. The molecule has 2 saturated heterocycles. The molecule has 3 heterocycles. The van der Waals surface area contributed by atoms with E-state index in [2.05, 4.69) is 13.4 Å². The standard InChI is InChI=1S/C16H26N2O17P2/c1-30-13-6(4-19)33-15(12(24)10(13)22)34-37(28,29)35-36(26,27)31-5-7-9(21)11(23)14(32-7)18-3-2-8(20)17-16(18)25/h2-3,6-7,9-15,19,21-24H,4-5H2,1H3,(H,26,27)(H,28,29)(H,17,20,25)/t6?,7-,9-,10?,11-,12?,13?,14-,15?/m1/s1. The molecule has 19 nitrogen and oxygen atoms in total. The van der Waals surface area contributed by atoms with Gasteiger partial charge in [-0.1, -0.05) is 0 Å². The molecule has 11 atom stereocenters. The number of nitrogens with one attached hydrogen (secondary N) is 1. The summed E-state index contributed by atoms with van der Waals surface area (Å²) in [6.07, 6.45) is -14.1. The van der Waals surface area contributed by atoms with Crippen LogP contribution in [0, 0.1) is 0 Å². The number of aliphatic hydroxyl groups excluding tert-OH is 5. The number of hydrogen-bond acceptors (Lipinski definition) is 15. The van der Waals surface area contributed by atoms with Crippen LogP contribution in [0.25, 0.3) is 0 Å². The number of aliphatic hydroxyl groups is 5. The molecule has 0 aliphatic carbocycles. The van der Waals surface area contributed by atoms with E-state index in [1.165, 1.54) is 0 Å². The van der Waals surface area contributed by atoms with E-state index in [-0.39, 0.29) is 0 Å². The van der Waals surface area contributed by atoms with E-state index in [1.807, 2.05) is 4.98 Å². The lowest BCUT2D eigenvalue weighted by atomic mass is 9.99. The van der Waals surface area contributed by atoms with Gasteiger partial charge in [-0.15, -0.1) is 0 Å². The number of rotatable bonds is 10. The second-order valence-electron chi connectivity index (χ2n) is 7.89.